The summed E-state index contributed by atoms with van der Waals surface area (Å²) in [5, 5.41) is 0. The Bertz CT molecular complexity index is 1040. The zero-order valence-corrected chi connectivity index (χ0v) is 21.7. The average molecular weight is 466 g/mol. The van der Waals surface area contributed by atoms with Crippen LogP contribution in [0.25, 0.3) is 0 Å². The van der Waals surface area contributed by atoms with Crippen molar-refractivity contribution >= 4 is 27.5 Å². The number of likely N-dealkylation sites (N-methyl/N-ethyl adjacent to an activating group) is 1. The Morgan fingerprint density at radius 2 is 1.33 bits per heavy atom. The molecule has 0 aromatic heterocycles. The smallest absolute Gasteiger partial charge is 0.248 e. The summed E-state index contributed by atoms with van der Waals surface area (Å²) >= 11 is 0. The summed E-state index contributed by atoms with van der Waals surface area (Å²) in [6, 6.07) is 16.3. The summed E-state index contributed by atoms with van der Waals surface area (Å²) in [6.45, 7) is 14.1. The van der Waals surface area contributed by atoms with Crippen molar-refractivity contribution in [3.05, 3.63) is 54.1 Å². The molecule has 0 saturated carbocycles. The van der Waals surface area contributed by atoms with Gasteiger partial charge in [0.25, 0.3) is 0 Å². The molecule has 0 aliphatic carbocycles. The first kappa shape index (κ1) is 23.2. The van der Waals surface area contributed by atoms with E-state index in [4.69, 9.17) is 22.8 Å². The van der Waals surface area contributed by atoms with Gasteiger partial charge in [-0.2, -0.15) is 0 Å². The number of aryl methyl sites for hydroxylation is 1. The predicted molar refractivity (Wildman–Crippen MR) is 135 cm³/mol. The molecule has 0 radical (unpaired) electrons. The first-order valence-corrected chi connectivity index (χ1v) is 17.2. The molecule has 2 aromatic carbocycles. The van der Waals surface area contributed by atoms with E-state index in [1.54, 1.807) is 0 Å². The van der Waals surface area contributed by atoms with E-state index in [2.05, 4.69) is 69.8 Å². The van der Waals surface area contributed by atoms with Crippen LogP contribution in [0.4, 0.5) is 5.69 Å². The fourth-order valence-electron chi connectivity index (χ4n) is 3.46. The molecule has 0 amide bonds. The van der Waals surface area contributed by atoms with Crippen LogP contribution in [0.1, 0.15) is 5.56 Å². The van der Waals surface area contributed by atoms with Gasteiger partial charge in [0.05, 0.1) is 21.0 Å². The van der Waals surface area contributed by atoms with Crippen LogP contribution in [0.15, 0.2) is 62.1 Å². The maximum absolute atomic E-state index is 6.29. The Labute approximate surface area is 181 Å². The number of anilines is 1. The van der Waals surface area contributed by atoms with Crippen molar-refractivity contribution in [2.75, 3.05) is 58.4 Å². The first-order valence-electron chi connectivity index (χ1n) is 9.95. The lowest BCUT2D eigenvalue weighted by molar-refractivity contribution is 0.325. The molecule has 1 unspecified atom stereocenters. The van der Waals surface area contributed by atoms with Gasteiger partial charge in [-0.05, 0) is 70.0 Å². The van der Waals surface area contributed by atoms with Gasteiger partial charge in [0.1, 0.15) is 18.1 Å². The van der Waals surface area contributed by atoms with Gasteiger partial charge in [-0.3, -0.25) is 0 Å². The molecule has 0 fully saturated rings. The van der Waals surface area contributed by atoms with Gasteiger partial charge in [-0.1, -0.05) is 17.7 Å². The zero-order chi connectivity index (χ0) is 22.0. The maximum Gasteiger partial charge on any atom is 0.248 e. The molecule has 164 valence electrons. The summed E-state index contributed by atoms with van der Waals surface area (Å²) in [5.41, 5.74) is 2.45. The molecule has 1 aliphatic rings. The third-order valence-electron chi connectivity index (χ3n) is 4.48. The van der Waals surface area contributed by atoms with Gasteiger partial charge in [0, 0.05) is 19.4 Å². The van der Waals surface area contributed by atoms with E-state index in [9.17, 15) is 0 Å². The molecular formula is C21H33N4O2P3. The van der Waals surface area contributed by atoms with Gasteiger partial charge in [-0.25, -0.2) is 13.5 Å². The van der Waals surface area contributed by atoms with Gasteiger partial charge in [-0.15, -0.1) is 0 Å². The SMILES string of the molecule is Cc1ccc(N(C)CCOc2ccc(OP3(C)=NP(C)(C)=NP(C)(C)=N3)cc2)cc1. The van der Waals surface area contributed by atoms with Crippen molar-refractivity contribution in [2.24, 2.45) is 13.5 Å². The van der Waals surface area contributed by atoms with Gasteiger partial charge in [0.15, 0.2) is 0 Å². The number of hydrogen-bond acceptors (Lipinski definition) is 6. The number of nitrogens with zero attached hydrogens (tertiary/aromatic N) is 4. The fraction of sp³-hybridized carbons (Fsp3) is 0.429. The second-order valence-corrected chi connectivity index (χ2v) is 17.8. The van der Waals surface area contributed by atoms with Crippen molar-refractivity contribution in [1.29, 1.82) is 0 Å². The number of hydrogen-bond donors (Lipinski definition) is 0. The summed E-state index contributed by atoms with van der Waals surface area (Å²) in [4.78, 5) is 2.19. The lowest BCUT2D eigenvalue weighted by atomic mass is 10.2. The molecule has 3 rings (SSSR count). The molecule has 0 spiro atoms. The maximum atomic E-state index is 6.29. The quantitative estimate of drug-likeness (QED) is 0.402. The molecule has 9 heteroatoms. The summed E-state index contributed by atoms with van der Waals surface area (Å²) in [7, 11) is -3.49. The Balaban J connectivity index is 1.59. The summed E-state index contributed by atoms with van der Waals surface area (Å²) in [6.07, 6.45) is 0. The highest BCUT2D eigenvalue weighted by molar-refractivity contribution is 7.84. The minimum atomic E-state index is -2.21. The van der Waals surface area contributed by atoms with E-state index in [0.717, 1.165) is 18.0 Å². The molecule has 1 heterocycles. The second-order valence-electron chi connectivity index (χ2n) is 8.45. The number of ether oxygens (including phenoxy) is 1. The van der Waals surface area contributed by atoms with Gasteiger partial charge in [0.2, 0.25) is 7.43 Å². The van der Waals surface area contributed by atoms with E-state index in [1.165, 1.54) is 11.3 Å². The molecule has 0 bridgehead atoms. The van der Waals surface area contributed by atoms with E-state index >= 15 is 0 Å². The van der Waals surface area contributed by atoms with Crippen LogP contribution in [-0.2, 0) is 0 Å². The normalized spacial score (nSPS) is 21.6. The third kappa shape index (κ3) is 6.51. The largest absolute Gasteiger partial charge is 0.492 e. The Hall–Kier alpha value is -1.47. The van der Waals surface area contributed by atoms with E-state index in [-0.39, 0.29) is 0 Å². The summed E-state index contributed by atoms with van der Waals surface area (Å²) < 4.78 is 26.9. The Morgan fingerprint density at radius 1 is 0.767 bits per heavy atom. The lowest BCUT2D eigenvalue weighted by Crippen LogP contribution is -2.23. The van der Waals surface area contributed by atoms with Crippen LogP contribution in [0.3, 0.4) is 0 Å². The number of rotatable bonds is 7. The van der Waals surface area contributed by atoms with Gasteiger partial charge < -0.3 is 14.2 Å². The fourth-order valence-corrected chi connectivity index (χ4v) is 16.5. The van der Waals surface area contributed by atoms with Crippen LogP contribution in [0, 0.1) is 6.92 Å². The molecular weight excluding hydrogens is 433 g/mol. The highest BCUT2D eigenvalue weighted by Crippen LogP contribution is 2.73. The molecule has 0 saturated heterocycles. The lowest BCUT2D eigenvalue weighted by Gasteiger charge is -2.28. The third-order valence-corrected chi connectivity index (χ3v) is 14.7. The molecule has 0 N–H and O–H groups in total. The standard InChI is InChI=1S/C21H33N4O2P3/c1-18-8-10-19(11-9-18)25(2)16-17-26-20-12-14-21(15-13-20)27-30(7)23-28(3,4)22-29(5,6)24-30/h8-15H,16-17H2,1-7H3. The summed E-state index contributed by atoms with van der Waals surface area (Å²) in [5.74, 6) is 1.61. The second kappa shape index (κ2) is 8.95. The van der Waals surface area contributed by atoms with E-state index in [1.807, 2.05) is 30.9 Å². The van der Waals surface area contributed by atoms with Crippen LogP contribution in [0.2, 0.25) is 0 Å². The van der Waals surface area contributed by atoms with Crippen LogP contribution >= 0.6 is 21.8 Å². The van der Waals surface area contributed by atoms with Crippen molar-refractivity contribution in [2.45, 2.75) is 6.92 Å². The molecule has 6 nitrogen and oxygen atoms in total. The van der Waals surface area contributed by atoms with E-state index < -0.39 is 21.8 Å². The van der Waals surface area contributed by atoms with Crippen LogP contribution in [-0.4, -0.2) is 53.5 Å². The monoisotopic (exact) mass is 466 g/mol. The number of benzene rings is 2. The average Bonchev–Trinajstić information content (AvgIpc) is 2.60. The predicted octanol–water partition coefficient (Wildman–Crippen LogP) is 7.32. The van der Waals surface area contributed by atoms with Crippen molar-refractivity contribution in [3.63, 3.8) is 0 Å². The van der Waals surface area contributed by atoms with E-state index in [0.29, 0.717) is 6.61 Å². The zero-order valence-electron chi connectivity index (χ0n) is 19.0. The van der Waals surface area contributed by atoms with Crippen molar-refractivity contribution < 1.29 is 9.26 Å². The van der Waals surface area contributed by atoms with Crippen LogP contribution in [0.5, 0.6) is 11.5 Å². The van der Waals surface area contributed by atoms with Gasteiger partial charge >= 0.3 is 0 Å². The minimum absolute atomic E-state index is 0.610. The molecule has 1 aliphatic heterocycles. The molecule has 30 heavy (non-hydrogen) atoms. The van der Waals surface area contributed by atoms with Crippen molar-refractivity contribution in [3.8, 4) is 11.5 Å². The molecule has 2 aromatic rings. The highest BCUT2D eigenvalue weighted by atomic mass is 31.3. The van der Waals surface area contributed by atoms with Crippen LogP contribution < -0.4 is 14.2 Å². The Kier molecular flexibility index (Phi) is 6.92. The first-order chi connectivity index (χ1) is 14.0. The topological polar surface area (TPSA) is 58.8 Å². The minimum Gasteiger partial charge on any atom is -0.492 e. The Morgan fingerprint density at radius 3 is 1.93 bits per heavy atom. The molecule has 1 atom stereocenters. The highest BCUT2D eigenvalue weighted by Gasteiger charge is 2.26. The van der Waals surface area contributed by atoms with Crippen molar-refractivity contribution in [1.82, 2.24) is 0 Å².